The zero-order valence-corrected chi connectivity index (χ0v) is 15.4. The van der Waals surface area contributed by atoms with Crippen molar-refractivity contribution in [2.24, 2.45) is 5.10 Å². The van der Waals surface area contributed by atoms with Gasteiger partial charge in [0, 0.05) is 9.92 Å². The van der Waals surface area contributed by atoms with Gasteiger partial charge in [0.25, 0.3) is 5.91 Å². The number of hydrogen-bond acceptors (Lipinski definition) is 5. The van der Waals surface area contributed by atoms with Gasteiger partial charge in [-0.15, -0.1) is 0 Å². The summed E-state index contributed by atoms with van der Waals surface area (Å²) in [6, 6.07) is 18.0. The number of nitrogens with zero attached hydrogens (tertiary/aromatic N) is 1. The van der Waals surface area contributed by atoms with Crippen LogP contribution in [0.1, 0.15) is 16.1 Å². The minimum Gasteiger partial charge on any atom is -0.496 e. The summed E-state index contributed by atoms with van der Waals surface area (Å²) in [4.78, 5) is 13.1. The summed E-state index contributed by atoms with van der Waals surface area (Å²) in [7, 11) is 1.51. The summed E-state index contributed by atoms with van der Waals surface area (Å²) in [5.74, 6) is 0.655. The normalized spacial score (nSPS) is 10.8. The number of carbonyl (C=O) groups excluding carboxylic acids is 1. The first-order chi connectivity index (χ1) is 12.7. The van der Waals surface area contributed by atoms with E-state index in [9.17, 15) is 4.79 Å². The standard InChI is InChI=1S/C19H15ClN2O3S/c1-24-17-5-3-2-4-16(17)19(23)22-21-12-14-8-11-18(25-14)26-15-9-6-13(20)7-10-15/h2-12H,1H3,(H,22,23). The van der Waals surface area contributed by atoms with E-state index in [1.807, 2.05) is 30.3 Å². The molecule has 0 radical (unpaired) electrons. The van der Waals surface area contributed by atoms with Crippen molar-refractivity contribution >= 4 is 35.5 Å². The maximum Gasteiger partial charge on any atom is 0.275 e. The molecule has 1 amide bonds. The number of nitrogens with one attached hydrogen (secondary N) is 1. The van der Waals surface area contributed by atoms with Crippen molar-refractivity contribution in [1.29, 1.82) is 0 Å². The first-order valence-electron chi connectivity index (χ1n) is 7.65. The zero-order valence-electron chi connectivity index (χ0n) is 13.8. The number of hydrazone groups is 1. The second-order valence-electron chi connectivity index (χ2n) is 5.11. The quantitative estimate of drug-likeness (QED) is 0.485. The van der Waals surface area contributed by atoms with Gasteiger partial charge in [-0.25, -0.2) is 5.43 Å². The molecule has 1 heterocycles. The molecule has 0 unspecified atom stereocenters. The lowest BCUT2D eigenvalue weighted by Gasteiger charge is -2.05. The number of methoxy groups -OCH3 is 1. The molecule has 0 aliphatic carbocycles. The fourth-order valence-corrected chi connectivity index (χ4v) is 3.03. The lowest BCUT2D eigenvalue weighted by molar-refractivity contribution is 0.0952. The van der Waals surface area contributed by atoms with Crippen LogP contribution in [0.15, 0.2) is 80.2 Å². The Morgan fingerprint density at radius 2 is 1.92 bits per heavy atom. The van der Waals surface area contributed by atoms with Crippen molar-refractivity contribution in [2.75, 3.05) is 7.11 Å². The van der Waals surface area contributed by atoms with E-state index in [1.54, 1.807) is 30.3 Å². The number of para-hydroxylation sites is 1. The highest BCUT2D eigenvalue weighted by Gasteiger charge is 2.10. The highest BCUT2D eigenvalue weighted by atomic mass is 35.5. The predicted octanol–water partition coefficient (Wildman–Crippen LogP) is 4.86. The summed E-state index contributed by atoms with van der Waals surface area (Å²) in [5.41, 5.74) is 2.86. The van der Waals surface area contributed by atoms with Crippen LogP contribution >= 0.6 is 23.4 Å². The highest BCUT2D eigenvalue weighted by Crippen LogP contribution is 2.29. The van der Waals surface area contributed by atoms with Crippen LogP contribution in [0.4, 0.5) is 0 Å². The minimum atomic E-state index is -0.360. The van der Waals surface area contributed by atoms with Gasteiger partial charge in [-0.3, -0.25) is 4.79 Å². The first kappa shape index (κ1) is 18.1. The van der Waals surface area contributed by atoms with Gasteiger partial charge in [-0.05, 0) is 48.5 Å². The van der Waals surface area contributed by atoms with Crippen molar-refractivity contribution in [1.82, 2.24) is 5.43 Å². The number of amides is 1. The van der Waals surface area contributed by atoms with Crippen LogP contribution in [-0.2, 0) is 0 Å². The van der Waals surface area contributed by atoms with Crippen LogP contribution in [0, 0.1) is 0 Å². The molecule has 1 aromatic heterocycles. The Morgan fingerprint density at radius 1 is 1.15 bits per heavy atom. The third kappa shape index (κ3) is 4.68. The molecule has 2 aromatic carbocycles. The van der Waals surface area contributed by atoms with E-state index < -0.39 is 0 Å². The molecule has 0 aliphatic heterocycles. The molecule has 0 saturated carbocycles. The lowest BCUT2D eigenvalue weighted by Crippen LogP contribution is -2.18. The van der Waals surface area contributed by atoms with E-state index in [-0.39, 0.29) is 5.91 Å². The average Bonchev–Trinajstić information content (AvgIpc) is 3.10. The number of benzene rings is 2. The SMILES string of the molecule is COc1ccccc1C(=O)NN=Cc1ccc(Sc2ccc(Cl)cc2)o1. The molecule has 0 aliphatic rings. The molecule has 0 saturated heterocycles. The van der Waals surface area contributed by atoms with Crippen molar-refractivity contribution in [3.63, 3.8) is 0 Å². The molecule has 1 N–H and O–H groups in total. The molecular weight excluding hydrogens is 372 g/mol. The number of ether oxygens (including phenoxy) is 1. The molecule has 0 bridgehead atoms. The molecule has 5 nitrogen and oxygen atoms in total. The van der Waals surface area contributed by atoms with Crippen molar-refractivity contribution in [3.8, 4) is 5.75 Å². The fourth-order valence-electron chi connectivity index (χ4n) is 2.12. The topological polar surface area (TPSA) is 63.8 Å². The lowest BCUT2D eigenvalue weighted by atomic mass is 10.2. The van der Waals surface area contributed by atoms with E-state index >= 15 is 0 Å². The van der Waals surface area contributed by atoms with Crippen LogP contribution in [0.2, 0.25) is 5.02 Å². The molecule has 26 heavy (non-hydrogen) atoms. The third-order valence-electron chi connectivity index (χ3n) is 3.34. The van der Waals surface area contributed by atoms with Crippen LogP contribution in [-0.4, -0.2) is 19.2 Å². The monoisotopic (exact) mass is 386 g/mol. The molecule has 0 atom stereocenters. The van der Waals surface area contributed by atoms with E-state index in [0.717, 1.165) is 4.90 Å². The van der Waals surface area contributed by atoms with E-state index in [0.29, 0.717) is 27.2 Å². The van der Waals surface area contributed by atoms with E-state index in [1.165, 1.54) is 25.1 Å². The second kappa shape index (κ2) is 8.60. The number of hydrogen-bond donors (Lipinski definition) is 1. The Bertz CT molecular complexity index is 923. The molecule has 0 fully saturated rings. The summed E-state index contributed by atoms with van der Waals surface area (Å²) in [5, 5.41) is 5.32. The Kier molecular flexibility index (Phi) is 5.99. The first-order valence-corrected chi connectivity index (χ1v) is 8.85. The maximum absolute atomic E-state index is 12.1. The van der Waals surface area contributed by atoms with Crippen LogP contribution < -0.4 is 10.2 Å². The Hall–Kier alpha value is -2.70. The van der Waals surface area contributed by atoms with Crippen LogP contribution in [0.5, 0.6) is 5.75 Å². The van der Waals surface area contributed by atoms with Gasteiger partial charge < -0.3 is 9.15 Å². The molecule has 7 heteroatoms. The predicted molar refractivity (Wildman–Crippen MR) is 102 cm³/mol. The largest absolute Gasteiger partial charge is 0.496 e. The van der Waals surface area contributed by atoms with Gasteiger partial charge in [0.1, 0.15) is 11.5 Å². The van der Waals surface area contributed by atoms with Gasteiger partial charge in [-0.1, -0.05) is 35.5 Å². The van der Waals surface area contributed by atoms with Gasteiger partial charge in [-0.2, -0.15) is 5.10 Å². The Morgan fingerprint density at radius 3 is 2.69 bits per heavy atom. The minimum absolute atomic E-state index is 0.360. The van der Waals surface area contributed by atoms with Crippen molar-refractivity contribution < 1.29 is 13.9 Å². The van der Waals surface area contributed by atoms with Crippen molar-refractivity contribution in [3.05, 3.63) is 77.0 Å². The van der Waals surface area contributed by atoms with Gasteiger partial charge in [0.2, 0.25) is 0 Å². The fraction of sp³-hybridized carbons (Fsp3) is 0.0526. The summed E-state index contributed by atoms with van der Waals surface area (Å²) < 4.78 is 10.8. The van der Waals surface area contributed by atoms with Crippen molar-refractivity contribution in [2.45, 2.75) is 9.99 Å². The smallest absolute Gasteiger partial charge is 0.275 e. The summed E-state index contributed by atoms with van der Waals surface area (Å²) >= 11 is 7.34. The number of halogens is 1. The molecule has 132 valence electrons. The highest BCUT2D eigenvalue weighted by molar-refractivity contribution is 7.99. The summed E-state index contributed by atoms with van der Waals surface area (Å²) in [6.07, 6.45) is 1.44. The zero-order chi connectivity index (χ0) is 18.4. The van der Waals surface area contributed by atoms with Gasteiger partial charge in [0.05, 0.1) is 18.9 Å². The van der Waals surface area contributed by atoms with Crippen LogP contribution in [0.3, 0.4) is 0 Å². The van der Waals surface area contributed by atoms with E-state index in [4.69, 9.17) is 20.8 Å². The molecular formula is C19H15ClN2O3S. The maximum atomic E-state index is 12.1. The van der Waals surface area contributed by atoms with Gasteiger partial charge in [0.15, 0.2) is 5.09 Å². The summed E-state index contributed by atoms with van der Waals surface area (Å²) in [6.45, 7) is 0. The van der Waals surface area contributed by atoms with Crippen LogP contribution in [0.25, 0.3) is 0 Å². The number of carbonyl (C=O) groups is 1. The third-order valence-corrected chi connectivity index (χ3v) is 4.52. The Balaban J connectivity index is 1.60. The van der Waals surface area contributed by atoms with Gasteiger partial charge >= 0.3 is 0 Å². The second-order valence-corrected chi connectivity index (χ2v) is 6.63. The molecule has 3 rings (SSSR count). The number of furan rings is 1. The van der Waals surface area contributed by atoms with E-state index in [2.05, 4.69) is 10.5 Å². The molecule has 0 spiro atoms. The average molecular weight is 387 g/mol. The molecule has 3 aromatic rings. The number of rotatable bonds is 6. The Labute approximate surface area is 160 Å².